The Morgan fingerprint density at radius 3 is 2.43 bits per heavy atom. The fourth-order valence-electron chi connectivity index (χ4n) is 1.45. The van der Waals surface area contributed by atoms with Crippen LogP contribution in [0.1, 0.15) is 0 Å². The number of rotatable bonds is 1. The largest absolute Gasteiger partial charge is 0.491 e. The fourth-order valence-corrected chi connectivity index (χ4v) is 1.45. The van der Waals surface area contributed by atoms with Gasteiger partial charge in [-0.1, -0.05) is 36.4 Å². The van der Waals surface area contributed by atoms with E-state index < -0.39 is 12.9 Å². The summed E-state index contributed by atoms with van der Waals surface area (Å²) < 4.78 is 13.6. The van der Waals surface area contributed by atoms with Gasteiger partial charge in [-0.15, -0.1) is 0 Å². The number of hydrogen-bond acceptors (Lipinski definition) is 2. The first-order valence-corrected chi connectivity index (χ1v) is 4.23. The number of hydrogen-bond donors (Lipinski definition) is 2. The molecule has 70 valence electrons. The maximum absolute atomic E-state index is 13.6. The molecule has 0 radical (unpaired) electrons. The van der Waals surface area contributed by atoms with Gasteiger partial charge in [-0.25, -0.2) is 4.39 Å². The molecule has 2 aromatic carbocycles. The molecular weight excluding hydrogens is 182 g/mol. The van der Waals surface area contributed by atoms with Crippen LogP contribution in [0.3, 0.4) is 0 Å². The molecule has 0 saturated heterocycles. The highest BCUT2D eigenvalue weighted by atomic mass is 19.1. The Balaban J connectivity index is 2.75. The van der Waals surface area contributed by atoms with Crippen molar-refractivity contribution in [3.63, 3.8) is 0 Å². The molecule has 0 spiro atoms. The third-order valence-electron chi connectivity index (χ3n) is 2.17. The molecule has 0 aliphatic heterocycles. The second-order valence-corrected chi connectivity index (χ2v) is 3.06. The highest BCUT2D eigenvalue weighted by Gasteiger charge is 2.17. The van der Waals surface area contributed by atoms with Crippen molar-refractivity contribution in [2.45, 2.75) is 0 Å². The lowest BCUT2D eigenvalue weighted by atomic mass is 9.79. The zero-order chi connectivity index (χ0) is 10.1. The van der Waals surface area contributed by atoms with E-state index in [1.807, 2.05) is 0 Å². The molecule has 4 heteroatoms. The first-order valence-electron chi connectivity index (χ1n) is 4.23. The van der Waals surface area contributed by atoms with Crippen LogP contribution in [0, 0.1) is 5.82 Å². The van der Waals surface area contributed by atoms with Crippen molar-refractivity contribution in [2.75, 3.05) is 0 Å². The Morgan fingerprint density at radius 1 is 1.00 bits per heavy atom. The summed E-state index contributed by atoms with van der Waals surface area (Å²) in [5.41, 5.74) is -0.0938. The Kier molecular flexibility index (Phi) is 2.23. The standard InChI is InChI=1S/C10H8BFO2/c12-10-8-4-2-1-3-7(8)5-6-9(10)11(13)14/h1-6,13-14H. The molecule has 0 saturated carbocycles. The summed E-state index contributed by atoms with van der Waals surface area (Å²) in [6, 6.07) is 9.92. The van der Waals surface area contributed by atoms with Crippen LogP contribution in [0.25, 0.3) is 10.8 Å². The molecule has 0 fully saturated rings. The van der Waals surface area contributed by atoms with Crippen molar-refractivity contribution in [3.05, 3.63) is 42.2 Å². The monoisotopic (exact) mass is 190 g/mol. The summed E-state index contributed by atoms with van der Waals surface area (Å²) in [6.07, 6.45) is 0. The molecule has 0 heterocycles. The molecule has 0 aromatic heterocycles. The predicted molar refractivity (Wildman–Crippen MR) is 53.7 cm³/mol. The number of benzene rings is 2. The van der Waals surface area contributed by atoms with Crippen LogP contribution >= 0.6 is 0 Å². The van der Waals surface area contributed by atoms with Gasteiger partial charge in [0.25, 0.3) is 0 Å². The number of halogens is 1. The summed E-state index contributed by atoms with van der Waals surface area (Å²) in [5, 5.41) is 18.9. The van der Waals surface area contributed by atoms with E-state index in [0.717, 1.165) is 5.39 Å². The molecule has 2 aromatic rings. The number of fused-ring (bicyclic) bond motifs is 1. The van der Waals surface area contributed by atoms with E-state index in [0.29, 0.717) is 5.39 Å². The van der Waals surface area contributed by atoms with Crippen LogP contribution in [-0.2, 0) is 0 Å². The molecule has 14 heavy (non-hydrogen) atoms. The molecule has 0 atom stereocenters. The predicted octanol–water partition coefficient (Wildman–Crippen LogP) is 0.659. The van der Waals surface area contributed by atoms with Crippen molar-refractivity contribution < 1.29 is 14.4 Å². The Hall–Kier alpha value is -1.39. The van der Waals surface area contributed by atoms with E-state index in [4.69, 9.17) is 10.0 Å². The van der Waals surface area contributed by atoms with E-state index in [-0.39, 0.29) is 5.46 Å². The van der Waals surface area contributed by atoms with Crippen LogP contribution in [0.15, 0.2) is 36.4 Å². The zero-order valence-electron chi connectivity index (χ0n) is 7.31. The first kappa shape index (κ1) is 9.18. The Bertz CT molecular complexity index is 471. The summed E-state index contributed by atoms with van der Waals surface area (Å²) in [4.78, 5) is 0. The molecule has 2 N–H and O–H groups in total. The molecule has 2 rings (SSSR count). The van der Waals surface area contributed by atoms with Crippen LogP contribution in [-0.4, -0.2) is 17.2 Å². The van der Waals surface area contributed by atoms with Crippen LogP contribution < -0.4 is 5.46 Å². The molecule has 2 nitrogen and oxygen atoms in total. The van der Waals surface area contributed by atoms with Gasteiger partial charge in [0.05, 0.1) is 0 Å². The third-order valence-corrected chi connectivity index (χ3v) is 2.17. The minimum atomic E-state index is -1.76. The van der Waals surface area contributed by atoms with Crippen LogP contribution in [0.2, 0.25) is 0 Å². The maximum atomic E-state index is 13.6. The highest BCUT2D eigenvalue weighted by molar-refractivity contribution is 6.59. The van der Waals surface area contributed by atoms with E-state index >= 15 is 0 Å². The lowest BCUT2D eigenvalue weighted by Crippen LogP contribution is -2.32. The van der Waals surface area contributed by atoms with Gasteiger partial charge >= 0.3 is 7.12 Å². The minimum absolute atomic E-state index is 0.0938. The minimum Gasteiger partial charge on any atom is -0.423 e. The lowest BCUT2D eigenvalue weighted by molar-refractivity contribution is 0.423. The van der Waals surface area contributed by atoms with Gasteiger partial charge in [0.1, 0.15) is 5.82 Å². The summed E-state index contributed by atoms with van der Waals surface area (Å²) in [6.45, 7) is 0. The van der Waals surface area contributed by atoms with E-state index in [1.54, 1.807) is 30.3 Å². The molecule has 0 aliphatic rings. The smallest absolute Gasteiger partial charge is 0.423 e. The summed E-state index contributed by atoms with van der Waals surface area (Å²) >= 11 is 0. The molecule has 0 aliphatic carbocycles. The van der Waals surface area contributed by atoms with Gasteiger partial charge in [-0.05, 0) is 5.39 Å². The quantitative estimate of drug-likeness (QED) is 0.648. The van der Waals surface area contributed by atoms with Gasteiger partial charge in [0.15, 0.2) is 0 Å². The second-order valence-electron chi connectivity index (χ2n) is 3.06. The fraction of sp³-hybridized carbons (Fsp3) is 0. The molecule has 0 bridgehead atoms. The first-order chi connectivity index (χ1) is 6.70. The Morgan fingerprint density at radius 2 is 1.71 bits per heavy atom. The lowest BCUT2D eigenvalue weighted by Gasteiger charge is -2.04. The van der Waals surface area contributed by atoms with Gasteiger partial charge in [-0.2, -0.15) is 0 Å². The zero-order valence-corrected chi connectivity index (χ0v) is 7.31. The Labute approximate surface area is 80.8 Å². The third kappa shape index (κ3) is 1.39. The van der Waals surface area contributed by atoms with Crippen molar-refractivity contribution in [3.8, 4) is 0 Å². The van der Waals surface area contributed by atoms with Crippen molar-refractivity contribution in [1.29, 1.82) is 0 Å². The highest BCUT2D eigenvalue weighted by Crippen LogP contribution is 2.15. The molecule has 0 unspecified atom stereocenters. The summed E-state index contributed by atoms with van der Waals surface area (Å²) in [5.74, 6) is -0.571. The van der Waals surface area contributed by atoms with Crippen LogP contribution in [0.5, 0.6) is 0 Å². The van der Waals surface area contributed by atoms with Gasteiger partial charge in [-0.3, -0.25) is 0 Å². The van der Waals surface area contributed by atoms with E-state index in [9.17, 15) is 4.39 Å². The van der Waals surface area contributed by atoms with E-state index in [1.165, 1.54) is 6.07 Å². The van der Waals surface area contributed by atoms with Crippen molar-refractivity contribution in [1.82, 2.24) is 0 Å². The normalized spacial score (nSPS) is 10.5. The average molecular weight is 190 g/mol. The second kappa shape index (κ2) is 3.40. The van der Waals surface area contributed by atoms with Gasteiger partial charge in [0.2, 0.25) is 0 Å². The molecule has 0 amide bonds. The van der Waals surface area contributed by atoms with Crippen LogP contribution in [0.4, 0.5) is 4.39 Å². The SMILES string of the molecule is OB(O)c1ccc2ccccc2c1F. The topological polar surface area (TPSA) is 40.5 Å². The van der Waals surface area contributed by atoms with Crippen molar-refractivity contribution >= 4 is 23.4 Å². The van der Waals surface area contributed by atoms with Gasteiger partial charge in [0, 0.05) is 10.8 Å². The maximum Gasteiger partial charge on any atom is 0.491 e. The van der Waals surface area contributed by atoms with E-state index in [2.05, 4.69) is 0 Å². The van der Waals surface area contributed by atoms with Crippen molar-refractivity contribution in [2.24, 2.45) is 0 Å². The summed E-state index contributed by atoms with van der Waals surface area (Å²) in [7, 11) is -1.76. The van der Waals surface area contributed by atoms with Gasteiger partial charge < -0.3 is 10.0 Å². The molecular formula is C10H8BFO2. The average Bonchev–Trinajstić information content (AvgIpc) is 2.18.